The van der Waals surface area contributed by atoms with E-state index in [9.17, 15) is 18.0 Å². The summed E-state index contributed by atoms with van der Waals surface area (Å²) >= 11 is 5.97. The molecule has 0 aliphatic rings. The number of hydrogen-bond acceptors (Lipinski definition) is 2. The second-order valence-electron chi connectivity index (χ2n) is 4.02. The van der Waals surface area contributed by atoms with Crippen LogP contribution in [0.1, 0.15) is 18.5 Å². The summed E-state index contributed by atoms with van der Waals surface area (Å²) < 4.78 is 35.6. The Labute approximate surface area is 114 Å². The summed E-state index contributed by atoms with van der Waals surface area (Å²) in [6.07, 6.45) is -4.40. The second-order valence-corrected chi connectivity index (χ2v) is 4.42. The van der Waals surface area contributed by atoms with E-state index in [1.54, 1.807) is 36.5 Å². The van der Waals surface area contributed by atoms with E-state index in [0.717, 1.165) is 5.56 Å². The molecule has 1 rings (SSSR count). The molecular formula is C12H14ClF3N2O. The first kappa shape index (κ1) is 15.8. The van der Waals surface area contributed by atoms with Crippen LogP contribution in [0, 0.1) is 0 Å². The summed E-state index contributed by atoms with van der Waals surface area (Å²) in [5.41, 5.74) is 0.785. The van der Waals surface area contributed by atoms with Crippen LogP contribution in [0.3, 0.4) is 0 Å². The molecule has 0 saturated heterocycles. The Morgan fingerprint density at radius 3 is 2.58 bits per heavy atom. The molecule has 0 aliphatic carbocycles. The molecule has 1 atom stereocenters. The van der Waals surface area contributed by atoms with Gasteiger partial charge < -0.3 is 10.6 Å². The van der Waals surface area contributed by atoms with Crippen LogP contribution in [0.15, 0.2) is 24.3 Å². The number of nitrogens with one attached hydrogen (secondary N) is 2. The highest BCUT2D eigenvalue weighted by atomic mass is 35.5. The Hall–Kier alpha value is -1.27. The Bertz CT molecular complexity index is 437. The molecule has 2 N–H and O–H groups in total. The number of carbonyl (C=O) groups is 1. The zero-order valence-corrected chi connectivity index (χ0v) is 11.0. The minimum Gasteiger partial charge on any atom is -0.346 e. The lowest BCUT2D eigenvalue weighted by atomic mass is 10.1. The highest BCUT2D eigenvalue weighted by Crippen LogP contribution is 2.21. The smallest absolute Gasteiger partial charge is 0.346 e. The summed E-state index contributed by atoms with van der Waals surface area (Å²) in [7, 11) is 0. The van der Waals surface area contributed by atoms with Crippen LogP contribution >= 0.6 is 11.6 Å². The third kappa shape index (κ3) is 5.94. The number of rotatable bonds is 5. The van der Waals surface area contributed by atoms with Crippen LogP contribution in [0.4, 0.5) is 13.2 Å². The number of carbonyl (C=O) groups excluding carboxylic acids is 1. The fourth-order valence-electron chi connectivity index (χ4n) is 1.44. The van der Waals surface area contributed by atoms with Crippen molar-refractivity contribution < 1.29 is 18.0 Å². The van der Waals surface area contributed by atoms with Gasteiger partial charge >= 0.3 is 6.18 Å². The molecule has 19 heavy (non-hydrogen) atoms. The third-order valence-electron chi connectivity index (χ3n) is 2.43. The largest absolute Gasteiger partial charge is 0.405 e. The Morgan fingerprint density at radius 2 is 2.00 bits per heavy atom. The number of alkyl halides is 3. The van der Waals surface area contributed by atoms with Gasteiger partial charge in [0, 0.05) is 11.1 Å². The van der Waals surface area contributed by atoms with Gasteiger partial charge in [-0.1, -0.05) is 29.8 Å². The summed E-state index contributed by atoms with van der Waals surface area (Å²) in [6.45, 7) is 0.245. The van der Waals surface area contributed by atoms with Gasteiger partial charge in [0.2, 0.25) is 5.91 Å². The number of hydrogen-bond donors (Lipinski definition) is 2. The van der Waals surface area contributed by atoms with Crippen molar-refractivity contribution in [1.82, 2.24) is 10.6 Å². The van der Waals surface area contributed by atoms with Crippen molar-refractivity contribution in [2.75, 3.05) is 13.1 Å². The van der Waals surface area contributed by atoms with E-state index >= 15 is 0 Å². The monoisotopic (exact) mass is 294 g/mol. The molecule has 0 fully saturated rings. The van der Waals surface area contributed by atoms with Crippen molar-refractivity contribution in [2.24, 2.45) is 0 Å². The molecule has 0 aliphatic heterocycles. The highest BCUT2D eigenvalue weighted by molar-refractivity contribution is 6.31. The predicted molar refractivity (Wildman–Crippen MR) is 66.9 cm³/mol. The zero-order valence-electron chi connectivity index (χ0n) is 10.2. The van der Waals surface area contributed by atoms with E-state index in [1.807, 2.05) is 0 Å². The molecule has 1 unspecified atom stereocenters. The highest BCUT2D eigenvalue weighted by Gasteiger charge is 2.27. The molecule has 1 aromatic rings. The maximum Gasteiger partial charge on any atom is 0.405 e. The van der Waals surface area contributed by atoms with Crippen LogP contribution in [0.5, 0.6) is 0 Å². The van der Waals surface area contributed by atoms with Crippen LogP contribution in [-0.2, 0) is 4.79 Å². The van der Waals surface area contributed by atoms with Crippen LogP contribution in [0.25, 0.3) is 0 Å². The van der Waals surface area contributed by atoms with Crippen molar-refractivity contribution in [3.05, 3.63) is 34.9 Å². The Morgan fingerprint density at radius 1 is 1.37 bits per heavy atom. The van der Waals surface area contributed by atoms with Crippen molar-refractivity contribution in [3.8, 4) is 0 Å². The van der Waals surface area contributed by atoms with Crippen molar-refractivity contribution in [2.45, 2.75) is 19.1 Å². The standard InChI is InChI=1S/C12H14ClF3N2O/c1-8(9-4-2-3-5-10(9)13)17-6-11(19)18-7-12(14,15)16/h2-5,8,17H,6-7H2,1H3,(H,18,19). The van der Waals surface area contributed by atoms with Gasteiger partial charge in [0.15, 0.2) is 0 Å². The molecule has 0 spiro atoms. The van der Waals surface area contributed by atoms with Gasteiger partial charge in [-0.25, -0.2) is 0 Å². The lowest BCUT2D eigenvalue weighted by molar-refractivity contribution is -0.137. The summed E-state index contributed by atoms with van der Waals surface area (Å²) in [4.78, 5) is 11.2. The predicted octanol–water partition coefficient (Wildman–Crippen LogP) is 2.67. The lowest BCUT2D eigenvalue weighted by Crippen LogP contribution is -2.39. The summed E-state index contributed by atoms with van der Waals surface area (Å²) in [6, 6.07) is 6.83. The van der Waals surface area contributed by atoms with Gasteiger partial charge in [0.25, 0.3) is 0 Å². The minimum atomic E-state index is -4.40. The first-order valence-corrected chi connectivity index (χ1v) is 5.98. The molecule has 7 heteroatoms. The lowest BCUT2D eigenvalue weighted by Gasteiger charge is -2.15. The second kappa shape index (κ2) is 6.77. The molecule has 3 nitrogen and oxygen atoms in total. The van der Waals surface area contributed by atoms with Crippen LogP contribution in [0.2, 0.25) is 5.02 Å². The molecular weight excluding hydrogens is 281 g/mol. The van der Waals surface area contributed by atoms with E-state index in [-0.39, 0.29) is 12.6 Å². The normalized spacial score (nSPS) is 13.1. The topological polar surface area (TPSA) is 41.1 Å². The number of halogens is 4. The number of amides is 1. The summed E-state index contributed by atoms with van der Waals surface area (Å²) in [5.74, 6) is -0.712. The third-order valence-corrected chi connectivity index (χ3v) is 2.77. The quantitative estimate of drug-likeness (QED) is 0.876. The van der Waals surface area contributed by atoms with Gasteiger partial charge in [-0.15, -0.1) is 0 Å². The fraction of sp³-hybridized carbons (Fsp3) is 0.417. The van der Waals surface area contributed by atoms with E-state index in [2.05, 4.69) is 5.32 Å². The molecule has 0 heterocycles. The van der Waals surface area contributed by atoms with E-state index < -0.39 is 18.6 Å². The maximum absolute atomic E-state index is 11.9. The van der Waals surface area contributed by atoms with Crippen LogP contribution in [-0.4, -0.2) is 25.2 Å². The first-order valence-electron chi connectivity index (χ1n) is 5.61. The zero-order chi connectivity index (χ0) is 14.5. The SMILES string of the molecule is CC(NCC(=O)NCC(F)(F)F)c1ccccc1Cl. The van der Waals surface area contributed by atoms with E-state index in [0.29, 0.717) is 5.02 Å². The van der Waals surface area contributed by atoms with Gasteiger partial charge in [0.1, 0.15) is 6.54 Å². The first-order chi connectivity index (χ1) is 8.79. The molecule has 0 aromatic heterocycles. The fourth-order valence-corrected chi connectivity index (χ4v) is 1.74. The van der Waals surface area contributed by atoms with Crippen molar-refractivity contribution >= 4 is 17.5 Å². The molecule has 1 aromatic carbocycles. The van der Waals surface area contributed by atoms with Gasteiger partial charge in [-0.3, -0.25) is 4.79 Å². The van der Waals surface area contributed by atoms with E-state index in [1.165, 1.54) is 0 Å². The maximum atomic E-state index is 11.9. The van der Waals surface area contributed by atoms with Crippen LogP contribution < -0.4 is 10.6 Å². The Kier molecular flexibility index (Phi) is 5.62. The molecule has 0 radical (unpaired) electrons. The average Bonchev–Trinajstić information content (AvgIpc) is 2.33. The Balaban J connectivity index is 2.40. The van der Waals surface area contributed by atoms with Crippen molar-refractivity contribution in [1.29, 1.82) is 0 Å². The number of benzene rings is 1. The van der Waals surface area contributed by atoms with E-state index in [4.69, 9.17) is 11.6 Å². The minimum absolute atomic E-state index is 0.206. The van der Waals surface area contributed by atoms with Crippen molar-refractivity contribution in [3.63, 3.8) is 0 Å². The average molecular weight is 295 g/mol. The van der Waals surface area contributed by atoms with Gasteiger partial charge in [-0.2, -0.15) is 13.2 Å². The summed E-state index contributed by atoms with van der Waals surface area (Å²) in [5, 5.41) is 5.14. The van der Waals surface area contributed by atoms with Gasteiger partial charge in [0.05, 0.1) is 6.54 Å². The molecule has 1 amide bonds. The van der Waals surface area contributed by atoms with Gasteiger partial charge in [-0.05, 0) is 18.6 Å². The molecule has 0 saturated carbocycles. The molecule has 106 valence electrons. The molecule has 0 bridgehead atoms.